The lowest BCUT2D eigenvalue weighted by atomic mass is 10.1. The Bertz CT molecular complexity index is 588. The van der Waals surface area contributed by atoms with Crippen LogP contribution in [0.3, 0.4) is 0 Å². The minimum Gasteiger partial charge on any atom is -0.292 e. The van der Waals surface area contributed by atoms with Crippen molar-refractivity contribution < 1.29 is 0 Å². The highest BCUT2D eigenvalue weighted by Gasteiger charge is 2.16. The molecule has 4 nitrogen and oxygen atoms in total. The van der Waals surface area contributed by atoms with Crippen LogP contribution in [0, 0.1) is 6.92 Å². The molecule has 2 heterocycles. The number of hydrogen-bond acceptors (Lipinski definition) is 3. The second kappa shape index (κ2) is 7.90. The number of aryl methyl sites for hydroxylation is 1. The summed E-state index contributed by atoms with van der Waals surface area (Å²) in [4.78, 5) is 6.60. The Kier molecular flexibility index (Phi) is 5.90. The fraction of sp³-hybridized carbons (Fsp3) is 0.444. The predicted octanol–water partition coefficient (Wildman–Crippen LogP) is 3.57. The molecule has 0 saturated carbocycles. The topological polar surface area (TPSA) is 34.0 Å². The molecule has 0 fully saturated rings. The van der Waals surface area contributed by atoms with Crippen LogP contribution in [-0.4, -0.2) is 25.7 Å². The molecule has 0 saturated heterocycles. The van der Waals surface area contributed by atoms with Gasteiger partial charge in [0.15, 0.2) is 0 Å². The average molecular weight is 298 g/mol. The Hall–Kier alpha value is -1.94. The molecule has 4 heteroatoms. The first-order chi connectivity index (χ1) is 10.6. The Morgan fingerprint density at radius 2 is 2.05 bits per heavy atom. The Balaban J connectivity index is 2.14. The van der Waals surface area contributed by atoms with E-state index in [9.17, 15) is 0 Å². The van der Waals surface area contributed by atoms with Gasteiger partial charge in [0, 0.05) is 43.3 Å². The van der Waals surface area contributed by atoms with E-state index in [2.05, 4.69) is 60.7 Å². The molecule has 0 N–H and O–H groups in total. The quantitative estimate of drug-likeness (QED) is 0.699. The highest BCUT2D eigenvalue weighted by Crippen LogP contribution is 2.16. The van der Waals surface area contributed by atoms with Crippen LogP contribution in [0.4, 0.5) is 0 Å². The zero-order valence-corrected chi connectivity index (χ0v) is 13.9. The molecule has 0 aliphatic rings. The number of hydrogen-bond donors (Lipinski definition) is 0. The van der Waals surface area contributed by atoms with Crippen molar-refractivity contribution in [1.82, 2.24) is 19.7 Å². The monoisotopic (exact) mass is 298 g/mol. The summed E-state index contributed by atoms with van der Waals surface area (Å²) in [7, 11) is 0. The van der Waals surface area contributed by atoms with Crippen molar-refractivity contribution in [2.45, 2.75) is 52.9 Å². The van der Waals surface area contributed by atoms with Crippen LogP contribution in [-0.2, 0) is 19.6 Å². The Morgan fingerprint density at radius 1 is 1.32 bits per heavy atom. The Labute approximate surface area is 133 Å². The van der Waals surface area contributed by atoms with Gasteiger partial charge in [-0.05, 0) is 38.0 Å². The molecule has 22 heavy (non-hydrogen) atoms. The van der Waals surface area contributed by atoms with Gasteiger partial charge >= 0.3 is 0 Å². The predicted molar refractivity (Wildman–Crippen MR) is 90.4 cm³/mol. The normalized spacial score (nSPS) is 12.5. The molecule has 0 radical (unpaired) electrons. The summed E-state index contributed by atoms with van der Waals surface area (Å²) in [5, 5.41) is 4.55. The number of pyridine rings is 1. The van der Waals surface area contributed by atoms with Gasteiger partial charge in [-0.3, -0.25) is 14.6 Å². The van der Waals surface area contributed by atoms with Gasteiger partial charge in [0.25, 0.3) is 0 Å². The molecule has 2 aromatic rings. The molecular formula is C18H26N4. The van der Waals surface area contributed by atoms with Crippen molar-refractivity contribution in [1.29, 1.82) is 0 Å². The number of aromatic nitrogens is 3. The van der Waals surface area contributed by atoms with Crippen LogP contribution >= 0.6 is 0 Å². The molecule has 0 bridgehead atoms. The van der Waals surface area contributed by atoms with Gasteiger partial charge in [-0.15, -0.1) is 6.58 Å². The highest BCUT2D eigenvalue weighted by molar-refractivity contribution is 5.17. The van der Waals surface area contributed by atoms with Crippen molar-refractivity contribution in [3.05, 3.63) is 60.2 Å². The number of nitrogens with zero attached hydrogens (tertiary/aromatic N) is 4. The molecule has 2 aromatic heterocycles. The van der Waals surface area contributed by atoms with Gasteiger partial charge in [0.1, 0.15) is 0 Å². The van der Waals surface area contributed by atoms with Gasteiger partial charge < -0.3 is 0 Å². The van der Waals surface area contributed by atoms with Crippen molar-refractivity contribution in [3.63, 3.8) is 0 Å². The van der Waals surface area contributed by atoms with E-state index in [-0.39, 0.29) is 0 Å². The molecule has 1 atom stereocenters. The SMILES string of the molecule is C=CCn1cc(CN(Cc2ccncc2)C(C)CC)c(C)n1. The second-order valence-electron chi connectivity index (χ2n) is 5.77. The zero-order chi connectivity index (χ0) is 15.9. The fourth-order valence-corrected chi connectivity index (χ4v) is 2.51. The molecule has 2 rings (SSSR count). The third-order valence-corrected chi connectivity index (χ3v) is 4.09. The molecule has 0 aliphatic heterocycles. The third kappa shape index (κ3) is 4.28. The van der Waals surface area contributed by atoms with Crippen molar-refractivity contribution >= 4 is 0 Å². The maximum absolute atomic E-state index is 4.55. The van der Waals surface area contributed by atoms with Gasteiger partial charge in [-0.2, -0.15) is 5.10 Å². The Morgan fingerprint density at radius 3 is 2.68 bits per heavy atom. The van der Waals surface area contributed by atoms with E-state index in [0.717, 1.165) is 31.7 Å². The lowest BCUT2D eigenvalue weighted by molar-refractivity contribution is 0.185. The maximum Gasteiger partial charge on any atom is 0.0638 e. The van der Waals surface area contributed by atoms with Gasteiger partial charge in [-0.1, -0.05) is 13.0 Å². The minimum absolute atomic E-state index is 0.523. The lowest BCUT2D eigenvalue weighted by Crippen LogP contribution is -2.31. The summed E-state index contributed by atoms with van der Waals surface area (Å²) in [6.45, 7) is 13.0. The molecule has 118 valence electrons. The van der Waals surface area contributed by atoms with Gasteiger partial charge in [0.2, 0.25) is 0 Å². The van der Waals surface area contributed by atoms with Gasteiger partial charge in [-0.25, -0.2) is 0 Å². The largest absolute Gasteiger partial charge is 0.292 e. The average Bonchev–Trinajstić information content (AvgIpc) is 2.87. The molecule has 0 spiro atoms. The minimum atomic E-state index is 0.523. The molecule has 1 unspecified atom stereocenters. The van der Waals surface area contributed by atoms with E-state index in [1.807, 2.05) is 23.2 Å². The molecular weight excluding hydrogens is 272 g/mol. The summed E-state index contributed by atoms with van der Waals surface area (Å²) >= 11 is 0. The zero-order valence-electron chi connectivity index (χ0n) is 13.9. The van der Waals surface area contributed by atoms with Gasteiger partial charge in [0.05, 0.1) is 12.2 Å². The van der Waals surface area contributed by atoms with Crippen LogP contribution in [0.2, 0.25) is 0 Å². The van der Waals surface area contributed by atoms with Crippen LogP contribution in [0.5, 0.6) is 0 Å². The first-order valence-electron chi connectivity index (χ1n) is 7.90. The van der Waals surface area contributed by atoms with Crippen molar-refractivity contribution in [2.75, 3.05) is 0 Å². The van der Waals surface area contributed by atoms with Crippen LogP contribution in [0.1, 0.15) is 37.1 Å². The van der Waals surface area contributed by atoms with E-state index >= 15 is 0 Å². The number of rotatable bonds is 8. The van der Waals surface area contributed by atoms with Crippen LogP contribution in [0.15, 0.2) is 43.4 Å². The summed E-state index contributed by atoms with van der Waals surface area (Å²) in [5.41, 5.74) is 3.69. The van der Waals surface area contributed by atoms with E-state index in [0.29, 0.717) is 6.04 Å². The molecule has 0 amide bonds. The van der Waals surface area contributed by atoms with Crippen LogP contribution in [0.25, 0.3) is 0 Å². The van der Waals surface area contributed by atoms with E-state index in [4.69, 9.17) is 0 Å². The maximum atomic E-state index is 4.55. The standard InChI is InChI=1S/C18H26N4/c1-5-11-22-14-18(16(4)20-22)13-21(15(3)6-2)12-17-7-9-19-10-8-17/h5,7-10,14-15H,1,6,11-13H2,2-4H3. The summed E-state index contributed by atoms with van der Waals surface area (Å²) in [5.74, 6) is 0. The first-order valence-corrected chi connectivity index (χ1v) is 7.90. The van der Waals surface area contributed by atoms with Crippen molar-refractivity contribution in [3.8, 4) is 0 Å². The third-order valence-electron chi connectivity index (χ3n) is 4.09. The fourth-order valence-electron chi connectivity index (χ4n) is 2.51. The van der Waals surface area contributed by atoms with E-state index < -0.39 is 0 Å². The van der Waals surface area contributed by atoms with Crippen LogP contribution < -0.4 is 0 Å². The smallest absolute Gasteiger partial charge is 0.0638 e. The van der Waals surface area contributed by atoms with E-state index in [1.54, 1.807) is 0 Å². The highest BCUT2D eigenvalue weighted by atomic mass is 15.3. The molecule has 0 aliphatic carbocycles. The van der Waals surface area contributed by atoms with Crippen molar-refractivity contribution in [2.24, 2.45) is 0 Å². The number of allylic oxidation sites excluding steroid dienone is 1. The lowest BCUT2D eigenvalue weighted by Gasteiger charge is -2.28. The molecule has 0 aromatic carbocycles. The summed E-state index contributed by atoms with van der Waals surface area (Å²) in [6.07, 6.45) is 8.86. The van der Waals surface area contributed by atoms with E-state index in [1.165, 1.54) is 11.1 Å². The second-order valence-corrected chi connectivity index (χ2v) is 5.77. The first kappa shape index (κ1) is 16.4. The summed E-state index contributed by atoms with van der Waals surface area (Å²) < 4.78 is 1.96. The summed E-state index contributed by atoms with van der Waals surface area (Å²) in [6, 6.07) is 4.70.